The van der Waals surface area contributed by atoms with Crippen molar-refractivity contribution in [1.29, 1.82) is 0 Å². The van der Waals surface area contributed by atoms with Crippen molar-refractivity contribution in [3.8, 4) is 0 Å². The largest absolute Gasteiger partial charge is 0.382 e. The first-order chi connectivity index (χ1) is 6.34. The second kappa shape index (κ2) is 5.67. The molecule has 72 valence electrons. The monoisotopic (exact) mass is 184 g/mol. The van der Waals surface area contributed by atoms with Gasteiger partial charge in [-0.2, -0.15) is 0 Å². The number of ether oxygens (including phenoxy) is 2. The fraction of sp³-hybridized carbons (Fsp3) is 0.400. The molecule has 1 aromatic rings. The first-order valence-electron chi connectivity index (χ1n) is 4.14. The average Bonchev–Trinajstić information content (AvgIpc) is 2.15. The lowest BCUT2D eigenvalue weighted by molar-refractivity contribution is 0.0604. The maximum absolute atomic E-state index is 13.0. The molecule has 3 heteroatoms. The summed E-state index contributed by atoms with van der Waals surface area (Å²) in [5.41, 5.74) is 0.582. The molecule has 13 heavy (non-hydrogen) atoms. The lowest BCUT2D eigenvalue weighted by Crippen LogP contribution is -2.02. The molecule has 0 aliphatic carbocycles. The SMILES string of the molecule is COCCOCc1ccccc1F. The third-order valence-electron chi connectivity index (χ3n) is 1.65. The van der Waals surface area contributed by atoms with E-state index < -0.39 is 0 Å². The van der Waals surface area contributed by atoms with Crippen LogP contribution in [0.2, 0.25) is 0 Å². The summed E-state index contributed by atoms with van der Waals surface area (Å²) in [6.45, 7) is 1.33. The van der Waals surface area contributed by atoms with Gasteiger partial charge in [0.2, 0.25) is 0 Å². The van der Waals surface area contributed by atoms with Gasteiger partial charge in [0.15, 0.2) is 0 Å². The van der Waals surface area contributed by atoms with E-state index in [9.17, 15) is 4.39 Å². The van der Waals surface area contributed by atoms with Crippen LogP contribution in [0.4, 0.5) is 4.39 Å². The number of rotatable bonds is 5. The van der Waals surface area contributed by atoms with Gasteiger partial charge >= 0.3 is 0 Å². The van der Waals surface area contributed by atoms with Gasteiger partial charge in [-0.05, 0) is 6.07 Å². The highest BCUT2D eigenvalue weighted by molar-refractivity contribution is 5.16. The van der Waals surface area contributed by atoms with Gasteiger partial charge in [-0.25, -0.2) is 4.39 Å². The Morgan fingerprint density at radius 1 is 1.23 bits per heavy atom. The second-order valence-corrected chi connectivity index (χ2v) is 2.64. The topological polar surface area (TPSA) is 18.5 Å². The summed E-state index contributed by atoms with van der Waals surface area (Å²) in [5, 5.41) is 0. The molecule has 0 N–H and O–H groups in total. The highest BCUT2D eigenvalue weighted by Crippen LogP contribution is 2.07. The molecular weight excluding hydrogens is 171 g/mol. The van der Waals surface area contributed by atoms with Crippen molar-refractivity contribution in [2.24, 2.45) is 0 Å². The van der Waals surface area contributed by atoms with Gasteiger partial charge in [-0.15, -0.1) is 0 Å². The van der Waals surface area contributed by atoms with E-state index in [-0.39, 0.29) is 5.82 Å². The third-order valence-corrected chi connectivity index (χ3v) is 1.65. The molecule has 0 saturated heterocycles. The molecule has 0 spiro atoms. The van der Waals surface area contributed by atoms with Gasteiger partial charge < -0.3 is 9.47 Å². The van der Waals surface area contributed by atoms with Crippen LogP contribution in [0.15, 0.2) is 24.3 Å². The van der Waals surface area contributed by atoms with E-state index in [0.717, 1.165) is 0 Å². The predicted molar refractivity (Wildman–Crippen MR) is 47.9 cm³/mol. The molecule has 0 amide bonds. The normalized spacial score (nSPS) is 10.3. The Morgan fingerprint density at radius 3 is 2.69 bits per heavy atom. The quantitative estimate of drug-likeness (QED) is 0.651. The molecule has 0 atom stereocenters. The zero-order chi connectivity index (χ0) is 9.52. The van der Waals surface area contributed by atoms with Crippen molar-refractivity contribution in [3.05, 3.63) is 35.6 Å². The average molecular weight is 184 g/mol. The Kier molecular flexibility index (Phi) is 4.43. The number of hydrogen-bond acceptors (Lipinski definition) is 2. The fourth-order valence-electron chi connectivity index (χ4n) is 0.940. The van der Waals surface area contributed by atoms with Crippen LogP contribution in [0, 0.1) is 5.82 Å². The van der Waals surface area contributed by atoms with Gasteiger partial charge in [0.05, 0.1) is 19.8 Å². The van der Waals surface area contributed by atoms with Crippen molar-refractivity contribution in [2.75, 3.05) is 20.3 Å². The van der Waals surface area contributed by atoms with E-state index in [1.807, 2.05) is 0 Å². The van der Waals surface area contributed by atoms with Crippen LogP contribution in [-0.2, 0) is 16.1 Å². The highest BCUT2D eigenvalue weighted by atomic mass is 19.1. The van der Waals surface area contributed by atoms with Crippen LogP contribution >= 0.6 is 0 Å². The Hall–Kier alpha value is -0.930. The minimum absolute atomic E-state index is 0.222. The fourth-order valence-corrected chi connectivity index (χ4v) is 0.940. The van der Waals surface area contributed by atoms with E-state index in [1.54, 1.807) is 25.3 Å². The highest BCUT2D eigenvalue weighted by Gasteiger charge is 1.99. The molecule has 0 radical (unpaired) electrons. The maximum Gasteiger partial charge on any atom is 0.128 e. The van der Waals surface area contributed by atoms with Crippen molar-refractivity contribution < 1.29 is 13.9 Å². The maximum atomic E-state index is 13.0. The summed E-state index contributed by atoms with van der Waals surface area (Å²) in [6.07, 6.45) is 0. The van der Waals surface area contributed by atoms with Gasteiger partial charge in [-0.1, -0.05) is 18.2 Å². The molecule has 1 rings (SSSR count). The second-order valence-electron chi connectivity index (χ2n) is 2.64. The zero-order valence-corrected chi connectivity index (χ0v) is 7.63. The van der Waals surface area contributed by atoms with E-state index in [2.05, 4.69) is 0 Å². The molecule has 0 saturated carbocycles. The molecule has 0 aliphatic heterocycles. The van der Waals surface area contributed by atoms with E-state index in [4.69, 9.17) is 9.47 Å². The Labute approximate surface area is 77.3 Å². The molecule has 0 unspecified atom stereocenters. The van der Waals surface area contributed by atoms with E-state index in [0.29, 0.717) is 25.4 Å². The van der Waals surface area contributed by atoms with Crippen LogP contribution in [0.5, 0.6) is 0 Å². The van der Waals surface area contributed by atoms with Crippen LogP contribution in [0.1, 0.15) is 5.56 Å². The Bertz CT molecular complexity index is 250. The summed E-state index contributed by atoms with van der Waals surface area (Å²) >= 11 is 0. The van der Waals surface area contributed by atoms with Gasteiger partial charge in [0, 0.05) is 12.7 Å². The number of benzene rings is 1. The first kappa shape index (κ1) is 10.2. The lowest BCUT2D eigenvalue weighted by Gasteiger charge is -2.04. The summed E-state index contributed by atoms with van der Waals surface area (Å²) in [7, 11) is 1.60. The van der Waals surface area contributed by atoms with Gasteiger partial charge in [0.25, 0.3) is 0 Å². The molecule has 0 bridgehead atoms. The summed E-state index contributed by atoms with van der Waals surface area (Å²) < 4.78 is 23.0. The van der Waals surface area contributed by atoms with E-state index in [1.165, 1.54) is 6.07 Å². The Balaban J connectivity index is 2.32. The molecule has 2 nitrogen and oxygen atoms in total. The molecular formula is C10H13FO2. The van der Waals surface area contributed by atoms with Gasteiger partial charge in [-0.3, -0.25) is 0 Å². The van der Waals surface area contributed by atoms with Crippen molar-refractivity contribution in [3.63, 3.8) is 0 Å². The standard InChI is InChI=1S/C10H13FO2/c1-12-6-7-13-8-9-4-2-3-5-10(9)11/h2-5H,6-8H2,1H3. The first-order valence-corrected chi connectivity index (χ1v) is 4.14. The number of methoxy groups -OCH3 is 1. The zero-order valence-electron chi connectivity index (χ0n) is 7.63. The van der Waals surface area contributed by atoms with E-state index >= 15 is 0 Å². The molecule has 0 aromatic heterocycles. The molecule has 0 aliphatic rings. The third kappa shape index (κ3) is 3.53. The molecule has 0 fully saturated rings. The van der Waals surface area contributed by atoms with Crippen LogP contribution < -0.4 is 0 Å². The minimum Gasteiger partial charge on any atom is -0.382 e. The van der Waals surface area contributed by atoms with Crippen molar-refractivity contribution in [1.82, 2.24) is 0 Å². The van der Waals surface area contributed by atoms with Crippen molar-refractivity contribution in [2.45, 2.75) is 6.61 Å². The Morgan fingerprint density at radius 2 is 2.00 bits per heavy atom. The number of halogens is 1. The predicted octanol–water partition coefficient (Wildman–Crippen LogP) is 1.99. The van der Waals surface area contributed by atoms with Crippen molar-refractivity contribution >= 4 is 0 Å². The van der Waals surface area contributed by atoms with Crippen LogP contribution in [0.3, 0.4) is 0 Å². The summed E-state index contributed by atoms with van der Waals surface area (Å²) in [6, 6.07) is 6.59. The molecule has 1 aromatic carbocycles. The lowest BCUT2D eigenvalue weighted by atomic mass is 10.2. The summed E-state index contributed by atoms with van der Waals surface area (Å²) in [4.78, 5) is 0. The minimum atomic E-state index is -0.222. The molecule has 0 heterocycles. The number of hydrogen-bond donors (Lipinski definition) is 0. The smallest absolute Gasteiger partial charge is 0.128 e. The van der Waals surface area contributed by atoms with Crippen LogP contribution in [0.25, 0.3) is 0 Å². The van der Waals surface area contributed by atoms with Crippen LogP contribution in [-0.4, -0.2) is 20.3 Å². The summed E-state index contributed by atoms with van der Waals surface area (Å²) in [5.74, 6) is -0.222. The van der Waals surface area contributed by atoms with Gasteiger partial charge in [0.1, 0.15) is 5.82 Å².